The Labute approximate surface area is 150 Å². The lowest BCUT2D eigenvalue weighted by Crippen LogP contribution is -2.47. The summed E-state index contributed by atoms with van der Waals surface area (Å²) in [4.78, 5) is 17.5. The molecule has 0 N–H and O–H groups in total. The molecule has 132 valence electrons. The minimum atomic E-state index is 0.248. The molecule has 0 aromatic carbocycles. The number of hydrogen-bond acceptors (Lipinski definition) is 3. The maximum atomic E-state index is 12.7. The molecule has 0 radical (unpaired) electrons. The number of likely N-dealkylation sites (tertiary alicyclic amines) is 2. The highest BCUT2D eigenvalue weighted by Crippen LogP contribution is 2.40. The Morgan fingerprint density at radius 1 is 1.12 bits per heavy atom. The largest absolute Gasteiger partial charge is 0.338 e. The van der Waals surface area contributed by atoms with Gasteiger partial charge in [-0.3, -0.25) is 4.79 Å². The van der Waals surface area contributed by atoms with Gasteiger partial charge in [0.1, 0.15) is 0 Å². The second-order valence-electron chi connectivity index (χ2n) is 8.33. The van der Waals surface area contributed by atoms with Crippen molar-refractivity contribution in [3.63, 3.8) is 0 Å². The van der Waals surface area contributed by atoms with Gasteiger partial charge in [-0.2, -0.15) is 11.3 Å². The molecular formula is C20H30N2OS. The number of thiophene rings is 1. The van der Waals surface area contributed by atoms with Crippen molar-refractivity contribution in [1.82, 2.24) is 9.80 Å². The second kappa shape index (κ2) is 7.17. The summed E-state index contributed by atoms with van der Waals surface area (Å²) in [6, 6.07) is 1.97. The van der Waals surface area contributed by atoms with Gasteiger partial charge in [0.15, 0.2) is 0 Å². The van der Waals surface area contributed by atoms with Crippen LogP contribution in [0.25, 0.3) is 0 Å². The summed E-state index contributed by atoms with van der Waals surface area (Å²) in [5.74, 6) is 1.18. The molecule has 1 aromatic heterocycles. The first-order valence-electron chi connectivity index (χ1n) is 9.78. The quantitative estimate of drug-likeness (QED) is 0.816. The number of nitrogens with zero attached hydrogens (tertiary/aromatic N) is 2. The lowest BCUT2D eigenvalue weighted by Gasteiger charge is -2.42. The number of amides is 1. The van der Waals surface area contributed by atoms with Crippen LogP contribution in [-0.4, -0.2) is 48.4 Å². The molecule has 2 aliphatic heterocycles. The van der Waals surface area contributed by atoms with E-state index in [0.29, 0.717) is 5.41 Å². The van der Waals surface area contributed by atoms with Gasteiger partial charge in [0.2, 0.25) is 0 Å². The average Bonchev–Trinajstić information content (AvgIpc) is 3.26. The van der Waals surface area contributed by atoms with Crippen LogP contribution in [-0.2, 0) is 0 Å². The van der Waals surface area contributed by atoms with Crippen molar-refractivity contribution in [2.24, 2.45) is 11.3 Å². The molecule has 0 bridgehead atoms. The Morgan fingerprint density at radius 2 is 2.00 bits per heavy atom. The number of hydrogen-bond donors (Lipinski definition) is 0. The molecule has 3 aliphatic rings. The minimum absolute atomic E-state index is 0.248. The Hall–Kier alpha value is -0.870. The smallest absolute Gasteiger partial charge is 0.254 e. The van der Waals surface area contributed by atoms with Gasteiger partial charge in [-0.15, -0.1) is 0 Å². The van der Waals surface area contributed by atoms with E-state index in [1.54, 1.807) is 11.3 Å². The van der Waals surface area contributed by atoms with Crippen molar-refractivity contribution >= 4 is 17.2 Å². The standard InChI is InChI=1S/C20H30N2OS/c23-19(18-7-12-24-14-18)22-11-9-20(16-22)8-4-10-21(15-20)13-17-5-2-1-3-6-17/h7,12,14,17H,1-6,8-11,13,15-16H2. The molecule has 1 amide bonds. The Balaban J connectivity index is 1.36. The SMILES string of the molecule is O=C(c1ccsc1)N1CCC2(CCCN(CC3CCCCC3)C2)C1. The highest BCUT2D eigenvalue weighted by atomic mass is 32.1. The van der Waals surface area contributed by atoms with Gasteiger partial charge >= 0.3 is 0 Å². The molecule has 1 spiro atoms. The van der Waals surface area contributed by atoms with Crippen molar-refractivity contribution in [2.75, 3.05) is 32.7 Å². The summed E-state index contributed by atoms with van der Waals surface area (Å²) in [6.45, 7) is 5.72. The molecule has 2 saturated heterocycles. The molecule has 24 heavy (non-hydrogen) atoms. The maximum absolute atomic E-state index is 12.7. The van der Waals surface area contributed by atoms with Crippen molar-refractivity contribution in [3.05, 3.63) is 22.4 Å². The predicted molar refractivity (Wildman–Crippen MR) is 99.5 cm³/mol. The van der Waals surface area contributed by atoms with Crippen molar-refractivity contribution in [2.45, 2.75) is 51.4 Å². The summed E-state index contributed by atoms with van der Waals surface area (Å²) in [5, 5.41) is 4.00. The normalized spacial score (nSPS) is 29.4. The first kappa shape index (κ1) is 16.6. The van der Waals surface area contributed by atoms with Crippen LogP contribution in [0.3, 0.4) is 0 Å². The van der Waals surface area contributed by atoms with Crippen LogP contribution >= 0.6 is 11.3 Å². The minimum Gasteiger partial charge on any atom is -0.338 e. The van der Waals surface area contributed by atoms with E-state index in [-0.39, 0.29) is 5.91 Å². The van der Waals surface area contributed by atoms with E-state index in [2.05, 4.69) is 9.80 Å². The molecule has 4 rings (SSSR count). The fourth-order valence-electron chi connectivity index (χ4n) is 5.21. The summed E-state index contributed by atoms with van der Waals surface area (Å²) >= 11 is 1.62. The molecule has 1 atom stereocenters. The van der Waals surface area contributed by atoms with E-state index in [1.165, 1.54) is 71.0 Å². The number of rotatable bonds is 3. The van der Waals surface area contributed by atoms with Gasteiger partial charge in [0, 0.05) is 37.0 Å². The molecule has 1 unspecified atom stereocenters. The monoisotopic (exact) mass is 346 g/mol. The van der Waals surface area contributed by atoms with Crippen molar-refractivity contribution < 1.29 is 4.79 Å². The van der Waals surface area contributed by atoms with Gasteiger partial charge in [0.05, 0.1) is 5.56 Å². The number of carbonyl (C=O) groups is 1. The van der Waals surface area contributed by atoms with Gasteiger partial charge in [0.25, 0.3) is 5.91 Å². The van der Waals surface area contributed by atoms with E-state index >= 15 is 0 Å². The Bertz CT molecular complexity index is 552. The van der Waals surface area contributed by atoms with Gasteiger partial charge < -0.3 is 9.80 Å². The topological polar surface area (TPSA) is 23.6 Å². The van der Waals surface area contributed by atoms with E-state index in [1.807, 2.05) is 16.8 Å². The highest BCUT2D eigenvalue weighted by molar-refractivity contribution is 7.08. The van der Waals surface area contributed by atoms with E-state index < -0.39 is 0 Å². The molecule has 1 aromatic rings. The molecule has 3 heterocycles. The molecular weight excluding hydrogens is 316 g/mol. The third kappa shape index (κ3) is 3.55. The molecule has 1 saturated carbocycles. The fourth-order valence-corrected chi connectivity index (χ4v) is 5.84. The molecule has 4 heteroatoms. The van der Waals surface area contributed by atoms with Crippen LogP contribution in [0, 0.1) is 11.3 Å². The van der Waals surface area contributed by atoms with E-state index in [0.717, 1.165) is 24.6 Å². The molecule has 1 aliphatic carbocycles. The Morgan fingerprint density at radius 3 is 2.79 bits per heavy atom. The van der Waals surface area contributed by atoms with Crippen LogP contribution in [0.4, 0.5) is 0 Å². The Kier molecular flexibility index (Phi) is 4.95. The number of carbonyl (C=O) groups excluding carboxylic acids is 1. The first-order chi connectivity index (χ1) is 11.7. The summed E-state index contributed by atoms with van der Waals surface area (Å²) in [5.41, 5.74) is 1.26. The van der Waals surface area contributed by atoms with Crippen LogP contribution < -0.4 is 0 Å². The zero-order chi connectivity index (χ0) is 16.4. The third-order valence-corrected chi connectivity index (χ3v) is 7.16. The fraction of sp³-hybridized carbons (Fsp3) is 0.750. The summed E-state index contributed by atoms with van der Waals surface area (Å²) < 4.78 is 0. The van der Waals surface area contributed by atoms with Crippen molar-refractivity contribution in [3.8, 4) is 0 Å². The maximum Gasteiger partial charge on any atom is 0.254 e. The number of piperidine rings is 1. The summed E-state index contributed by atoms with van der Waals surface area (Å²) in [6.07, 6.45) is 11.0. The lowest BCUT2D eigenvalue weighted by molar-refractivity contribution is 0.0630. The highest BCUT2D eigenvalue weighted by Gasteiger charge is 2.43. The van der Waals surface area contributed by atoms with E-state index in [4.69, 9.17) is 0 Å². The lowest BCUT2D eigenvalue weighted by atomic mass is 9.78. The zero-order valence-electron chi connectivity index (χ0n) is 14.7. The summed E-state index contributed by atoms with van der Waals surface area (Å²) in [7, 11) is 0. The van der Waals surface area contributed by atoms with Crippen LogP contribution in [0.2, 0.25) is 0 Å². The van der Waals surface area contributed by atoms with Gasteiger partial charge in [-0.1, -0.05) is 19.3 Å². The zero-order valence-corrected chi connectivity index (χ0v) is 15.5. The average molecular weight is 347 g/mol. The predicted octanol–water partition coefficient (Wildman–Crippen LogP) is 4.26. The van der Waals surface area contributed by atoms with Crippen LogP contribution in [0.15, 0.2) is 16.8 Å². The van der Waals surface area contributed by atoms with Gasteiger partial charge in [-0.25, -0.2) is 0 Å². The van der Waals surface area contributed by atoms with E-state index in [9.17, 15) is 4.79 Å². The van der Waals surface area contributed by atoms with Gasteiger partial charge in [-0.05, 0) is 56.0 Å². The van der Waals surface area contributed by atoms with Crippen LogP contribution in [0.1, 0.15) is 61.7 Å². The molecule has 3 fully saturated rings. The van der Waals surface area contributed by atoms with Crippen LogP contribution in [0.5, 0.6) is 0 Å². The second-order valence-corrected chi connectivity index (χ2v) is 9.11. The third-order valence-electron chi connectivity index (χ3n) is 6.48. The molecule has 3 nitrogen and oxygen atoms in total. The first-order valence-corrected chi connectivity index (χ1v) is 10.7. The van der Waals surface area contributed by atoms with Crippen molar-refractivity contribution in [1.29, 1.82) is 0 Å².